The van der Waals surface area contributed by atoms with E-state index in [0.717, 1.165) is 40.7 Å². The van der Waals surface area contributed by atoms with Gasteiger partial charge in [-0.25, -0.2) is 0 Å². The molecule has 0 atom stereocenters. The molecule has 0 aromatic heterocycles. The lowest BCUT2D eigenvalue weighted by Crippen LogP contribution is -2.48. The molecule has 5 nitrogen and oxygen atoms in total. The SMILES string of the molecule is C.CC.COc1cc(N2CC(CC3CCNCC3)C2)ccc1Oc1ccc(C(C)(C)O)cc1Br. The normalized spacial score (nSPS) is 16.6. The maximum Gasteiger partial charge on any atom is 0.169 e. The minimum atomic E-state index is -0.899. The Balaban J connectivity index is 0.00000133. The Labute approximate surface area is 215 Å². The average molecular weight is 536 g/mol. The number of piperidine rings is 1. The van der Waals surface area contributed by atoms with Gasteiger partial charge in [-0.1, -0.05) is 27.3 Å². The number of rotatable bonds is 7. The number of hydrogen-bond acceptors (Lipinski definition) is 5. The second kappa shape index (κ2) is 12.8. The van der Waals surface area contributed by atoms with Crippen molar-refractivity contribution in [2.45, 2.75) is 60.0 Å². The van der Waals surface area contributed by atoms with Crippen molar-refractivity contribution < 1.29 is 14.6 Å². The third kappa shape index (κ3) is 7.12. The van der Waals surface area contributed by atoms with Crippen molar-refractivity contribution in [1.29, 1.82) is 0 Å². The zero-order valence-electron chi connectivity index (χ0n) is 20.7. The highest BCUT2D eigenvalue weighted by Crippen LogP contribution is 2.40. The molecule has 34 heavy (non-hydrogen) atoms. The highest BCUT2D eigenvalue weighted by atomic mass is 79.9. The van der Waals surface area contributed by atoms with Crippen molar-refractivity contribution in [3.8, 4) is 17.2 Å². The number of benzene rings is 2. The molecule has 0 bridgehead atoms. The van der Waals surface area contributed by atoms with Crippen molar-refractivity contribution in [2.75, 3.05) is 38.2 Å². The molecule has 0 unspecified atom stereocenters. The van der Waals surface area contributed by atoms with Crippen LogP contribution in [-0.4, -0.2) is 38.4 Å². The van der Waals surface area contributed by atoms with Crippen molar-refractivity contribution in [2.24, 2.45) is 11.8 Å². The number of hydrogen-bond donors (Lipinski definition) is 2. The predicted molar refractivity (Wildman–Crippen MR) is 146 cm³/mol. The van der Waals surface area contributed by atoms with Crippen molar-refractivity contribution in [3.63, 3.8) is 0 Å². The minimum Gasteiger partial charge on any atom is -0.493 e. The van der Waals surface area contributed by atoms with E-state index in [1.165, 1.54) is 38.0 Å². The van der Waals surface area contributed by atoms with Crippen LogP contribution in [0.15, 0.2) is 40.9 Å². The Morgan fingerprint density at radius 3 is 2.24 bits per heavy atom. The van der Waals surface area contributed by atoms with Gasteiger partial charge in [-0.3, -0.25) is 0 Å². The van der Waals surface area contributed by atoms with Gasteiger partial charge in [-0.2, -0.15) is 0 Å². The molecule has 0 spiro atoms. The molecule has 0 saturated carbocycles. The fraction of sp³-hybridized carbons (Fsp3) is 0.571. The number of halogens is 1. The highest BCUT2D eigenvalue weighted by molar-refractivity contribution is 9.10. The summed E-state index contributed by atoms with van der Waals surface area (Å²) >= 11 is 3.56. The summed E-state index contributed by atoms with van der Waals surface area (Å²) in [6, 6.07) is 11.8. The van der Waals surface area contributed by atoms with Gasteiger partial charge >= 0.3 is 0 Å². The van der Waals surface area contributed by atoms with Crippen molar-refractivity contribution in [3.05, 3.63) is 46.4 Å². The summed E-state index contributed by atoms with van der Waals surface area (Å²) < 4.78 is 12.6. The summed E-state index contributed by atoms with van der Waals surface area (Å²) in [4.78, 5) is 2.42. The van der Waals surface area contributed by atoms with Crippen LogP contribution in [0.25, 0.3) is 0 Å². The molecule has 2 aromatic rings. The Bertz CT molecular complexity index is 901. The van der Waals surface area contributed by atoms with Crippen molar-refractivity contribution >= 4 is 21.6 Å². The van der Waals surface area contributed by atoms with E-state index in [1.807, 2.05) is 38.1 Å². The number of nitrogens with zero attached hydrogens (tertiary/aromatic N) is 1. The average Bonchev–Trinajstić information content (AvgIpc) is 2.79. The monoisotopic (exact) mass is 534 g/mol. The summed E-state index contributed by atoms with van der Waals surface area (Å²) in [6.07, 6.45) is 4.00. The van der Waals surface area contributed by atoms with Gasteiger partial charge in [0.25, 0.3) is 0 Å². The first-order valence-electron chi connectivity index (χ1n) is 12.2. The summed E-state index contributed by atoms with van der Waals surface area (Å²) in [6.45, 7) is 12.1. The van der Waals surface area contributed by atoms with Crippen LogP contribution >= 0.6 is 15.9 Å². The van der Waals surface area contributed by atoms with E-state index >= 15 is 0 Å². The van der Waals surface area contributed by atoms with Gasteiger partial charge < -0.3 is 24.8 Å². The highest BCUT2D eigenvalue weighted by Gasteiger charge is 2.30. The minimum absolute atomic E-state index is 0. The number of anilines is 1. The fourth-order valence-corrected chi connectivity index (χ4v) is 5.00. The molecule has 0 amide bonds. The molecule has 2 aliphatic heterocycles. The van der Waals surface area contributed by atoms with Gasteiger partial charge in [0.1, 0.15) is 5.75 Å². The summed E-state index contributed by atoms with van der Waals surface area (Å²) in [7, 11) is 1.68. The lowest BCUT2D eigenvalue weighted by molar-refractivity contribution is 0.0785. The van der Waals surface area contributed by atoms with Crippen LogP contribution in [0.2, 0.25) is 0 Å². The molecule has 190 valence electrons. The van der Waals surface area contributed by atoms with E-state index in [9.17, 15) is 5.11 Å². The standard InChI is InChI=1S/C25H33BrN2O3.C2H6.CH4/c1-25(2,29)19-4-6-22(21(26)13-19)31-23-7-5-20(14-24(23)30-3)28-15-18(16-28)12-17-8-10-27-11-9-17;1-2;/h4-7,13-14,17-18,27,29H,8-12,15-16H2,1-3H3;1-2H3;1H4. The van der Waals surface area contributed by atoms with E-state index in [-0.39, 0.29) is 7.43 Å². The summed E-state index contributed by atoms with van der Waals surface area (Å²) in [5.41, 5.74) is 1.11. The summed E-state index contributed by atoms with van der Waals surface area (Å²) in [5, 5.41) is 13.7. The van der Waals surface area contributed by atoms with Gasteiger partial charge in [-0.15, -0.1) is 0 Å². The third-order valence-corrected chi connectivity index (χ3v) is 7.07. The molecule has 6 heteroatoms. The van der Waals surface area contributed by atoms with Gasteiger partial charge in [0.15, 0.2) is 11.5 Å². The molecule has 0 aliphatic carbocycles. The van der Waals surface area contributed by atoms with Gasteiger partial charge in [-0.05, 0) is 104 Å². The fourth-order valence-electron chi connectivity index (χ4n) is 4.54. The molecule has 2 fully saturated rings. The first kappa shape index (κ1) is 28.5. The first-order chi connectivity index (χ1) is 15.8. The molecule has 2 heterocycles. The van der Waals surface area contributed by atoms with Gasteiger partial charge in [0.2, 0.25) is 0 Å². The van der Waals surface area contributed by atoms with Crippen LogP contribution in [0, 0.1) is 11.8 Å². The van der Waals surface area contributed by atoms with Crippen LogP contribution in [-0.2, 0) is 5.60 Å². The smallest absolute Gasteiger partial charge is 0.169 e. The number of methoxy groups -OCH3 is 1. The third-order valence-electron chi connectivity index (χ3n) is 6.45. The van der Waals surface area contributed by atoms with E-state index in [1.54, 1.807) is 21.0 Å². The van der Waals surface area contributed by atoms with E-state index in [2.05, 4.69) is 38.3 Å². The van der Waals surface area contributed by atoms with Crippen LogP contribution in [0.1, 0.15) is 59.9 Å². The molecular weight excluding hydrogens is 492 g/mol. The van der Waals surface area contributed by atoms with Crippen LogP contribution in [0.3, 0.4) is 0 Å². The molecule has 2 saturated heterocycles. The number of nitrogens with one attached hydrogen (secondary N) is 1. The maximum absolute atomic E-state index is 10.2. The Hall–Kier alpha value is -1.76. The Kier molecular flexibility index (Phi) is 10.7. The lowest BCUT2D eigenvalue weighted by atomic mass is 9.84. The van der Waals surface area contributed by atoms with Crippen LogP contribution in [0.4, 0.5) is 5.69 Å². The van der Waals surface area contributed by atoms with Gasteiger partial charge in [0.05, 0.1) is 17.2 Å². The molecule has 2 N–H and O–H groups in total. The quantitative estimate of drug-likeness (QED) is 0.401. The largest absolute Gasteiger partial charge is 0.493 e. The molecule has 4 rings (SSSR count). The lowest BCUT2D eigenvalue weighted by Gasteiger charge is -2.43. The van der Waals surface area contributed by atoms with E-state index in [0.29, 0.717) is 11.5 Å². The number of ether oxygens (including phenoxy) is 2. The Morgan fingerprint density at radius 1 is 1.00 bits per heavy atom. The summed E-state index contributed by atoms with van der Waals surface area (Å²) in [5.74, 6) is 3.77. The molecule has 2 aliphatic rings. The van der Waals surface area contributed by atoms with E-state index in [4.69, 9.17) is 9.47 Å². The zero-order valence-corrected chi connectivity index (χ0v) is 22.2. The molecule has 0 radical (unpaired) electrons. The second-order valence-corrected chi connectivity index (χ2v) is 10.2. The maximum atomic E-state index is 10.2. The first-order valence-corrected chi connectivity index (χ1v) is 13.0. The number of aliphatic hydroxyl groups is 1. The molecule has 2 aromatic carbocycles. The van der Waals surface area contributed by atoms with Crippen molar-refractivity contribution in [1.82, 2.24) is 5.32 Å². The zero-order chi connectivity index (χ0) is 24.0. The Morgan fingerprint density at radius 2 is 1.65 bits per heavy atom. The van der Waals surface area contributed by atoms with Crippen LogP contribution in [0.5, 0.6) is 17.2 Å². The predicted octanol–water partition coefficient (Wildman–Crippen LogP) is 6.97. The topological polar surface area (TPSA) is 54.0 Å². The second-order valence-electron chi connectivity index (χ2n) is 9.34. The van der Waals surface area contributed by atoms with Crippen LogP contribution < -0.4 is 19.7 Å². The molecular formula is C28H43BrN2O3. The van der Waals surface area contributed by atoms with Gasteiger partial charge in [0, 0.05) is 24.8 Å². The van der Waals surface area contributed by atoms with E-state index < -0.39 is 5.60 Å².